The highest BCUT2D eigenvalue weighted by Crippen LogP contribution is 2.29. The Balaban J connectivity index is 2.06. The van der Waals surface area contributed by atoms with Gasteiger partial charge in [0.2, 0.25) is 5.82 Å². The summed E-state index contributed by atoms with van der Waals surface area (Å²) >= 11 is 3.37. The van der Waals surface area contributed by atoms with Crippen molar-refractivity contribution in [3.63, 3.8) is 0 Å². The van der Waals surface area contributed by atoms with Crippen LogP contribution in [0.25, 0.3) is 23.0 Å². The van der Waals surface area contributed by atoms with Crippen LogP contribution in [0.2, 0.25) is 0 Å². The fraction of sp³-hybridized carbons (Fsp3) is 0. The molecule has 94 valence electrons. The highest BCUT2D eigenvalue weighted by Gasteiger charge is 2.16. The van der Waals surface area contributed by atoms with Crippen LogP contribution in [0.5, 0.6) is 5.75 Å². The molecule has 7 heteroatoms. The van der Waals surface area contributed by atoms with Crippen LogP contribution in [0.1, 0.15) is 0 Å². The summed E-state index contributed by atoms with van der Waals surface area (Å²) < 4.78 is 5.90. The van der Waals surface area contributed by atoms with Crippen molar-refractivity contribution in [1.29, 1.82) is 0 Å². The predicted octanol–water partition coefficient (Wildman–Crippen LogP) is 2.66. The standard InChI is InChI=1S/C12H7BrN4O2/c13-8-2-1-4-15-10(8)11-16-12(19-17-11)7-3-5-14-6-9(7)18/h1-6,18H. The van der Waals surface area contributed by atoms with Gasteiger partial charge < -0.3 is 9.63 Å². The summed E-state index contributed by atoms with van der Waals surface area (Å²) in [6.45, 7) is 0. The summed E-state index contributed by atoms with van der Waals surface area (Å²) in [5, 5.41) is 13.5. The minimum absolute atomic E-state index is 0.0159. The second-order valence-corrected chi connectivity index (χ2v) is 4.50. The maximum atomic E-state index is 9.68. The van der Waals surface area contributed by atoms with Crippen molar-refractivity contribution in [2.24, 2.45) is 0 Å². The number of aromatic nitrogens is 4. The Labute approximate surface area is 116 Å². The zero-order valence-electron chi connectivity index (χ0n) is 9.49. The van der Waals surface area contributed by atoms with Crippen molar-refractivity contribution in [1.82, 2.24) is 20.1 Å². The number of halogens is 1. The highest BCUT2D eigenvalue weighted by molar-refractivity contribution is 9.10. The minimum Gasteiger partial charge on any atom is -0.505 e. The maximum absolute atomic E-state index is 9.68. The molecule has 0 radical (unpaired) electrons. The molecule has 6 nitrogen and oxygen atoms in total. The Bertz CT molecular complexity index is 669. The van der Waals surface area contributed by atoms with Crippen molar-refractivity contribution >= 4 is 15.9 Å². The molecule has 0 aromatic carbocycles. The molecule has 3 aromatic rings. The number of rotatable bonds is 2. The summed E-state index contributed by atoms with van der Waals surface area (Å²) in [5.74, 6) is 0.545. The van der Waals surface area contributed by atoms with E-state index in [0.29, 0.717) is 17.1 Å². The van der Waals surface area contributed by atoms with Gasteiger partial charge in [-0.1, -0.05) is 5.16 Å². The third-order valence-electron chi connectivity index (χ3n) is 2.43. The van der Waals surface area contributed by atoms with E-state index in [1.165, 1.54) is 12.4 Å². The molecule has 3 heterocycles. The van der Waals surface area contributed by atoms with Gasteiger partial charge >= 0.3 is 0 Å². The van der Waals surface area contributed by atoms with E-state index in [2.05, 4.69) is 36.0 Å². The molecule has 0 fully saturated rings. The summed E-state index contributed by atoms with van der Waals surface area (Å²) in [7, 11) is 0. The molecule has 0 aliphatic heterocycles. The zero-order valence-corrected chi connectivity index (χ0v) is 11.1. The van der Waals surface area contributed by atoms with Crippen molar-refractivity contribution in [2.45, 2.75) is 0 Å². The number of nitrogens with zero attached hydrogens (tertiary/aromatic N) is 4. The van der Waals surface area contributed by atoms with Crippen LogP contribution in [0.15, 0.2) is 45.8 Å². The van der Waals surface area contributed by atoms with Gasteiger partial charge in [-0.3, -0.25) is 9.97 Å². The lowest BCUT2D eigenvalue weighted by Gasteiger charge is -1.96. The third-order valence-corrected chi connectivity index (χ3v) is 3.07. The van der Waals surface area contributed by atoms with Crippen molar-refractivity contribution in [2.75, 3.05) is 0 Å². The van der Waals surface area contributed by atoms with E-state index in [1.54, 1.807) is 18.3 Å². The monoisotopic (exact) mass is 318 g/mol. The molecular weight excluding hydrogens is 312 g/mol. The minimum atomic E-state index is -0.0159. The maximum Gasteiger partial charge on any atom is 0.262 e. The SMILES string of the molecule is Oc1cnccc1-c1nc(-c2ncccc2Br)no1. The molecule has 3 aromatic heterocycles. The van der Waals surface area contributed by atoms with E-state index >= 15 is 0 Å². The van der Waals surface area contributed by atoms with Crippen LogP contribution >= 0.6 is 15.9 Å². The summed E-state index contributed by atoms with van der Waals surface area (Å²) in [5.41, 5.74) is 1.01. The van der Waals surface area contributed by atoms with E-state index in [9.17, 15) is 5.11 Å². The normalized spacial score (nSPS) is 10.6. The topological polar surface area (TPSA) is 84.9 Å². The molecule has 0 unspecified atom stereocenters. The Morgan fingerprint density at radius 3 is 2.89 bits per heavy atom. The first kappa shape index (κ1) is 11.8. The highest BCUT2D eigenvalue weighted by atomic mass is 79.9. The lowest BCUT2D eigenvalue weighted by atomic mass is 10.2. The van der Waals surface area contributed by atoms with Gasteiger partial charge in [0, 0.05) is 16.9 Å². The fourth-order valence-electron chi connectivity index (χ4n) is 1.55. The average Bonchev–Trinajstić information content (AvgIpc) is 2.89. The van der Waals surface area contributed by atoms with Crippen LogP contribution in [0, 0.1) is 0 Å². The van der Waals surface area contributed by atoms with Crippen LogP contribution in [0.4, 0.5) is 0 Å². The Hall–Kier alpha value is -2.28. The molecule has 0 aliphatic rings. The first-order valence-corrected chi connectivity index (χ1v) is 6.13. The van der Waals surface area contributed by atoms with Gasteiger partial charge in [-0.25, -0.2) is 0 Å². The summed E-state index contributed by atoms with van der Waals surface area (Å²) in [4.78, 5) is 12.2. The molecule has 1 N–H and O–H groups in total. The van der Waals surface area contributed by atoms with Gasteiger partial charge in [0.25, 0.3) is 5.89 Å². The van der Waals surface area contributed by atoms with Crippen LogP contribution in [-0.4, -0.2) is 25.2 Å². The lowest BCUT2D eigenvalue weighted by Crippen LogP contribution is -1.87. The molecule has 0 amide bonds. The van der Waals surface area contributed by atoms with Crippen LogP contribution in [0.3, 0.4) is 0 Å². The van der Waals surface area contributed by atoms with Crippen LogP contribution < -0.4 is 0 Å². The average molecular weight is 319 g/mol. The summed E-state index contributed by atoms with van der Waals surface area (Å²) in [6.07, 6.45) is 4.49. The number of aromatic hydroxyl groups is 1. The van der Waals surface area contributed by atoms with Gasteiger partial charge in [-0.15, -0.1) is 0 Å². The Morgan fingerprint density at radius 2 is 2.11 bits per heavy atom. The molecule has 0 aliphatic carbocycles. The second kappa shape index (κ2) is 4.77. The number of pyridine rings is 2. The zero-order chi connectivity index (χ0) is 13.2. The molecule has 0 saturated heterocycles. The van der Waals surface area contributed by atoms with E-state index in [-0.39, 0.29) is 11.6 Å². The lowest BCUT2D eigenvalue weighted by molar-refractivity contribution is 0.425. The first-order valence-electron chi connectivity index (χ1n) is 5.33. The van der Waals surface area contributed by atoms with Gasteiger partial charge in [0.1, 0.15) is 11.4 Å². The van der Waals surface area contributed by atoms with Gasteiger partial charge in [-0.2, -0.15) is 4.98 Å². The van der Waals surface area contributed by atoms with Gasteiger partial charge in [0.05, 0.1) is 11.8 Å². The second-order valence-electron chi connectivity index (χ2n) is 3.65. The molecule has 0 atom stereocenters. The smallest absolute Gasteiger partial charge is 0.262 e. The molecule has 19 heavy (non-hydrogen) atoms. The molecular formula is C12H7BrN4O2. The molecule has 0 bridgehead atoms. The van der Waals surface area contributed by atoms with E-state index in [4.69, 9.17) is 4.52 Å². The fourth-order valence-corrected chi connectivity index (χ4v) is 1.98. The number of hydrogen-bond donors (Lipinski definition) is 1. The quantitative estimate of drug-likeness (QED) is 0.781. The molecule has 0 spiro atoms. The van der Waals surface area contributed by atoms with Gasteiger partial charge in [0.15, 0.2) is 0 Å². The molecule has 3 rings (SSSR count). The van der Waals surface area contributed by atoms with Crippen molar-refractivity contribution < 1.29 is 9.63 Å². The Kier molecular flexibility index (Phi) is 2.96. The van der Waals surface area contributed by atoms with Gasteiger partial charge in [-0.05, 0) is 34.1 Å². The van der Waals surface area contributed by atoms with Crippen molar-refractivity contribution in [3.05, 3.63) is 41.3 Å². The van der Waals surface area contributed by atoms with E-state index in [1.807, 2.05) is 6.07 Å². The number of hydrogen-bond acceptors (Lipinski definition) is 6. The Morgan fingerprint density at radius 1 is 1.21 bits per heavy atom. The van der Waals surface area contributed by atoms with E-state index in [0.717, 1.165) is 4.47 Å². The van der Waals surface area contributed by atoms with Crippen molar-refractivity contribution in [3.8, 4) is 28.7 Å². The predicted molar refractivity (Wildman–Crippen MR) is 70.1 cm³/mol. The van der Waals surface area contributed by atoms with Crippen LogP contribution in [-0.2, 0) is 0 Å². The molecule has 0 saturated carbocycles. The summed E-state index contributed by atoms with van der Waals surface area (Å²) in [6, 6.07) is 5.23. The first-order chi connectivity index (χ1) is 9.25. The third kappa shape index (κ3) is 2.19. The largest absolute Gasteiger partial charge is 0.505 e. The van der Waals surface area contributed by atoms with E-state index < -0.39 is 0 Å².